The number of thiocarbonyl (C=S) groups is 1. The van der Waals surface area contributed by atoms with Gasteiger partial charge in [0, 0.05) is 18.7 Å². The van der Waals surface area contributed by atoms with Crippen LogP contribution in [-0.2, 0) is 0 Å². The van der Waals surface area contributed by atoms with Gasteiger partial charge in [-0.1, -0.05) is 12.2 Å². The number of piperidine rings is 1. The summed E-state index contributed by atoms with van der Waals surface area (Å²) in [7, 11) is 1.65. The van der Waals surface area contributed by atoms with Gasteiger partial charge in [0.05, 0.1) is 18.2 Å². The van der Waals surface area contributed by atoms with Gasteiger partial charge in [-0.05, 0) is 54.2 Å². The molecular weight excluding hydrogens is 338 g/mol. The number of hydrogen-bond donors (Lipinski definition) is 0. The zero-order valence-electron chi connectivity index (χ0n) is 11.9. The molecule has 1 fully saturated rings. The van der Waals surface area contributed by atoms with Crippen molar-refractivity contribution in [2.75, 3.05) is 26.8 Å². The van der Waals surface area contributed by atoms with Gasteiger partial charge < -0.3 is 14.4 Å². The van der Waals surface area contributed by atoms with Gasteiger partial charge in [0.15, 0.2) is 11.5 Å². The lowest BCUT2D eigenvalue weighted by atomic mass is 10.1. The molecule has 0 bridgehead atoms. The van der Waals surface area contributed by atoms with Gasteiger partial charge in [0.2, 0.25) is 0 Å². The van der Waals surface area contributed by atoms with Gasteiger partial charge in [-0.15, -0.1) is 0 Å². The average molecular weight is 358 g/mol. The van der Waals surface area contributed by atoms with Crippen LogP contribution < -0.4 is 9.47 Å². The first-order chi connectivity index (χ1) is 9.67. The van der Waals surface area contributed by atoms with Crippen LogP contribution in [-0.4, -0.2) is 36.7 Å². The van der Waals surface area contributed by atoms with Crippen LogP contribution in [0.3, 0.4) is 0 Å². The monoisotopic (exact) mass is 357 g/mol. The molecule has 1 aliphatic heterocycles. The van der Waals surface area contributed by atoms with Crippen molar-refractivity contribution in [2.45, 2.75) is 26.2 Å². The molecule has 0 N–H and O–H groups in total. The molecule has 1 aliphatic rings. The van der Waals surface area contributed by atoms with Crippen LogP contribution in [0.25, 0.3) is 0 Å². The second-order valence-electron chi connectivity index (χ2n) is 4.78. The number of rotatable bonds is 4. The van der Waals surface area contributed by atoms with E-state index in [1.807, 2.05) is 19.1 Å². The predicted molar refractivity (Wildman–Crippen MR) is 89.0 cm³/mol. The normalized spacial score (nSPS) is 15.1. The van der Waals surface area contributed by atoms with E-state index in [-0.39, 0.29) is 0 Å². The van der Waals surface area contributed by atoms with Crippen molar-refractivity contribution in [2.24, 2.45) is 0 Å². The molecule has 110 valence electrons. The Morgan fingerprint density at radius 2 is 2.00 bits per heavy atom. The van der Waals surface area contributed by atoms with Crippen LogP contribution in [0.4, 0.5) is 0 Å². The lowest BCUT2D eigenvalue weighted by molar-refractivity contribution is 0.308. The van der Waals surface area contributed by atoms with E-state index in [4.69, 9.17) is 21.7 Å². The number of ether oxygens (including phenoxy) is 2. The van der Waals surface area contributed by atoms with E-state index in [0.717, 1.165) is 39.6 Å². The molecule has 0 aromatic heterocycles. The molecule has 0 aliphatic carbocycles. The maximum Gasteiger partial charge on any atom is 0.175 e. The molecular formula is C15H20BrNO2S. The van der Waals surface area contributed by atoms with Crippen LogP contribution in [0.2, 0.25) is 0 Å². The molecule has 0 unspecified atom stereocenters. The zero-order chi connectivity index (χ0) is 14.5. The number of methoxy groups -OCH3 is 1. The van der Waals surface area contributed by atoms with Gasteiger partial charge in [-0.2, -0.15) is 0 Å². The highest BCUT2D eigenvalue weighted by atomic mass is 79.9. The van der Waals surface area contributed by atoms with E-state index in [0.29, 0.717) is 6.61 Å². The van der Waals surface area contributed by atoms with Crippen LogP contribution in [0, 0.1) is 0 Å². The third kappa shape index (κ3) is 3.44. The summed E-state index contributed by atoms with van der Waals surface area (Å²) in [5.41, 5.74) is 1.01. The maximum absolute atomic E-state index is 5.62. The number of benzene rings is 1. The van der Waals surface area contributed by atoms with E-state index in [9.17, 15) is 0 Å². The summed E-state index contributed by atoms with van der Waals surface area (Å²) < 4.78 is 11.9. The number of hydrogen-bond acceptors (Lipinski definition) is 3. The quantitative estimate of drug-likeness (QED) is 0.758. The predicted octanol–water partition coefficient (Wildman–Crippen LogP) is 4.02. The highest BCUT2D eigenvalue weighted by Gasteiger charge is 2.18. The van der Waals surface area contributed by atoms with Crippen LogP contribution in [0.15, 0.2) is 16.6 Å². The van der Waals surface area contributed by atoms with E-state index in [1.165, 1.54) is 19.3 Å². The molecule has 0 saturated carbocycles. The first kappa shape index (κ1) is 15.6. The number of nitrogens with zero attached hydrogens (tertiary/aromatic N) is 1. The van der Waals surface area contributed by atoms with E-state index in [1.54, 1.807) is 7.11 Å². The average Bonchev–Trinajstić information content (AvgIpc) is 2.49. The molecule has 0 spiro atoms. The molecule has 0 amide bonds. The first-order valence-corrected chi connectivity index (χ1v) is 8.17. The van der Waals surface area contributed by atoms with Gasteiger partial charge >= 0.3 is 0 Å². The number of likely N-dealkylation sites (tertiary alicyclic amines) is 1. The third-order valence-electron chi connectivity index (χ3n) is 3.41. The fourth-order valence-corrected chi connectivity index (χ4v) is 3.26. The highest BCUT2D eigenvalue weighted by Crippen LogP contribution is 2.37. The molecule has 0 radical (unpaired) electrons. The molecule has 3 nitrogen and oxygen atoms in total. The summed E-state index contributed by atoms with van der Waals surface area (Å²) in [5, 5.41) is 0. The summed E-state index contributed by atoms with van der Waals surface area (Å²) in [6.45, 7) is 4.65. The Morgan fingerprint density at radius 3 is 2.60 bits per heavy atom. The molecule has 1 saturated heterocycles. The molecule has 20 heavy (non-hydrogen) atoms. The standard InChI is InChI=1S/C15H20BrNO2S/c1-3-19-14-12(16)9-11(10-13(14)18-2)15(20)17-7-5-4-6-8-17/h9-10H,3-8H2,1-2H3. The Labute approximate surface area is 134 Å². The molecule has 1 aromatic rings. The Kier molecular flexibility index (Phi) is 5.66. The van der Waals surface area contributed by atoms with Crippen molar-refractivity contribution in [3.05, 3.63) is 22.2 Å². The minimum absolute atomic E-state index is 0.602. The summed E-state index contributed by atoms with van der Waals surface area (Å²) >= 11 is 9.17. The third-order valence-corrected chi connectivity index (χ3v) is 4.49. The van der Waals surface area contributed by atoms with E-state index >= 15 is 0 Å². The molecule has 1 aromatic carbocycles. The Balaban J connectivity index is 2.27. The summed E-state index contributed by atoms with van der Waals surface area (Å²) in [5.74, 6) is 1.45. The largest absolute Gasteiger partial charge is 0.493 e. The fraction of sp³-hybridized carbons (Fsp3) is 0.533. The van der Waals surface area contributed by atoms with E-state index < -0.39 is 0 Å². The fourth-order valence-electron chi connectivity index (χ4n) is 2.41. The summed E-state index contributed by atoms with van der Waals surface area (Å²) in [6.07, 6.45) is 3.74. The zero-order valence-corrected chi connectivity index (χ0v) is 14.3. The van der Waals surface area contributed by atoms with Crippen molar-refractivity contribution in [1.29, 1.82) is 0 Å². The van der Waals surface area contributed by atoms with Crippen LogP contribution in [0.5, 0.6) is 11.5 Å². The smallest absolute Gasteiger partial charge is 0.175 e. The van der Waals surface area contributed by atoms with Crippen molar-refractivity contribution in [1.82, 2.24) is 4.90 Å². The van der Waals surface area contributed by atoms with Gasteiger partial charge in [0.25, 0.3) is 0 Å². The van der Waals surface area contributed by atoms with Gasteiger partial charge in [0.1, 0.15) is 4.99 Å². The van der Waals surface area contributed by atoms with Gasteiger partial charge in [-0.25, -0.2) is 0 Å². The Bertz CT molecular complexity index is 487. The minimum atomic E-state index is 0.602. The van der Waals surface area contributed by atoms with Crippen molar-refractivity contribution in [3.63, 3.8) is 0 Å². The van der Waals surface area contributed by atoms with E-state index in [2.05, 4.69) is 20.8 Å². The minimum Gasteiger partial charge on any atom is -0.493 e. The lowest BCUT2D eigenvalue weighted by Crippen LogP contribution is -2.34. The highest BCUT2D eigenvalue weighted by molar-refractivity contribution is 9.10. The Morgan fingerprint density at radius 1 is 1.30 bits per heavy atom. The van der Waals surface area contributed by atoms with Crippen molar-refractivity contribution >= 4 is 33.1 Å². The second-order valence-corrected chi connectivity index (χ2v) is 6.02. The maximum atomic E-state index is 5.62. The van der Waals surface area contributed by atoms with Crippen LogP contribution in [0.1, 0.15) is 31.7 Å². The van der Waals surface area contributed by atoms with Crippen LogP contribution >= 0.6 is 28.1 Å². The Hall–Kier alpha value is -0.810. The second kappa shape index (κ2) is 7.27. The summed E-state index contributed by atoms with van der Waals surface area (Å²) in [6, 6.07) is 3.98. The molecule has 2 rings (SSSR count). The number of halogens is 1. The summed E-state index contributed by atoms with van der Waals surface area (Å²) in [4.78, 5) is 3.17. The molecule has 1 heterocycles. The SMILES string of the molecule is CCOc1c(Br)cc(C(=S)N2CCCCC2)cc1OC. The molecule has 5 heteroatoms. The van der Waals surface area contributed by atoms with Crippen molar-refractivity contribution < 1.29 is 9.47 Å². The first-order valence-electron chi connectivity index (χ1n) is 6.97. The van der Waals surface area contributed by atoms with Gasteiger partial charge in [-0.3, -0.25) is 0 Å². The lowest BCUT2D eigenvalue weighted by Gasteiger charge is -2.29. The van der Waals surface area contributed by atoms with Crippen molar-refractivity contribution in [3.8, 4) is 11.5 Å². The molecule has 0 atom stereocenters. The topological polar surface area (TPSA) is 21.7 Å².